The van der Waals surface area contributed by atoms with E-state index in [-0.39, 0.29) is 5.70 Å². The molecule has 0 N–H and O–H groups in total. The molecule has 102 valence electrons. The van der Waals surface area contributed by atoms with Crippen molar-refractivity contribution in [3.8, 4) is 0 Å². The van der Waals surface area contributed by atoms with Crippen LogP contribution in [0, 0.1) is 0 Å². The van der Waals surface area contributed by atoms with Crippen LogP contribution in [0.15, 0.2) is 50.2 Å². The summed E-state index contributed by atoms with van der Waals surface area (Å²) in [4.78, 5) is 0. The van der Waals surface area contributed by atoms with Crippen molar-refractivity contribution in [2.75, 3.05) is 6.26 Å². The van der Waals surface area contributed by atoms with Crippen molar-refractivity contribution >= 4 is 31.4 Å². The average molecular weight is 352 g/mol. The highest BCUT2D eigenvalue weighted by molar-refractivity contribution is 9.10. The third-order valence-corrected chi connectivity index (χ3v) is 4.16. The van der Waals surface area contributed by atoms with Gasteiger partial charge in [-0.3, -0.25) is 0 Å². The van der Waals surface area contributed by atoms with Crippen LogP contribution in [0.25, 0.3) is 5.70 Å². The second-order valence-electron chi connectivity index (χ2n) is 4.06. The van der Waals surface area contributed by atoms with Crippen molar-refractivity contribution in [3.05, 3.63) is 51.4 Å². The number of hydrogen-bond acceptors (Lipinski definition) is 2. The van der Waals surface area contributed by atoms with Gasteiger partial charge >= 0.3 is 6.18 Å². The summed E-state index contributed by atoms with van der Waals surface area (Å²) in [6, 6.07) is 6.62. The minimum Gasteiger partial charge on any atom is -0.245 e. The number of nitrogens with zero attached hydrogens (tertiary/aromatic N) is 1. The topological polar surface area (TPSA) is 29.4 Å². The zero-order valence-electron chi connectivity index (χ0n) is 9.74. The van der Waals surface area contributed by atoms with Crippen LogP contribution in [0.3, 0.4) is 0 Å². The van der Waals surface area contributed by atoms with Crippen molar-refractivity contribution < 1.29 is 17.4 Å². The Morgan fingerprint density at radius 3 is 2.32 bits per heavy atom. The van der Waals surface area contributed by atoms with Crippen molar-refractivity contribution in [1.82, 2.24) is 0 Å². The zero-order chi connectivity index (χ0) is 14.3. The van der Waals surface area contributed by atoms with E-state index in [1.54, 1.807) is 24.3 Å². The van der Waals surface area contributed by atoms with E-state index in [9.17, 15) is 17.4 Å². The molecule has 1 aromatic rings. The molecule has 1 unspecified atom stereocenters. The van der Waals surface area contributed by atoms with E-state index < -0.39 is 21.5 Å². The largest absolute Gasteiger partial charge is 0.417 e. The molecular formula is C12H9BrF3NOS. The molecule has 0 aliphatic carbocycles. The minimum atomic E-state index is -4.53. The normalized spacial score (nSPS) is 23.4. The molecule has 0 bridgehead atoms. The second-order valence-corrected chi connectivity index (χ2v) is 7.12. The molecule has 0 saturated heterocycles. The SMILES string of the molecule is CS1(=O)=NC(c2ccc(Br)cc2)=CC(C(F)(F)F)=C1. The van der Waals surface area contributed by atoms with Crippen LogP contribution in [0.4, 0.5) is 13.2 Å². The Hall–Kier alpha value is -1.08. The Morgan fingerprint density at radius 2 is 1.79 bits per heavy atom. The van der Waals surface area contributed by atoms with Crippen LogP contribution in [0.5, 0.6) is 0 Å². The fourth-order valence-electron chi connectivity index (χ4n) is 1.57. The number of hydrogen-bond donors (Lipinski definition) is 0. The Kier molecular flexibility index (Phi) is 3.61. The molecule has 0 saturated carbocycles. The number of rotatable bonds is 1. The maximum atomic E-state index is 12.8. The maximum Gasteiger partial charge on any atom is 0.417 e. The van der Waals surface area contributed by atoms with E-state index in [1.807, 2.05) is 0 Å². The molecule has 0 spiro atoms. The predicted molar refractivity (Wildman–Crippen MR) is 72.8 cm³/mol. The van der Waals surface area contributed by atoms with Gasteiger partial charge in [0.05, 0.1) is 21.0 Å². The first kappa shape index (κ1) is 14.3. The number of alkyl halides is 3. The van der Waals surface area contributed by atoms with Gasteiger partial charge < -0.3 is 0 Å². The summed E-state index contributed by atoms with van der Waals surface area (Å²) >= 11 is 3.24. The highest BCUT2D eigenvalue weighted by Crippen LogP contribution is 2.34. The Labute approximate surface area is 117 Å². The van der Waals surface area contributed by atoms with Crippen LogP contribution < -0.4 is 0 Å². The zero-order valence-corrected chi connectivity index (χ0v) is 12.1. The van der Waals surface area contributed by atoms with Gasteiger partial charge in [0.15, 0.2) is 0 Å². The van der Waals surface area contributed by atoms with Gasteiger partial charge in [-0.2, -0.15) is 17.5 Å². The first-order valence-corrected chi connectivity index (χ1v) is 7.94. The van der Waals surface area contributed by atoms with Gasteiger partial charge in [0.2, 0.25) is 0 Å². The predicted octanol–water partition coefficient (Wildman–Crippen LogP) is 4.35. The number of allylic oxidation sites excluding steroid dienone is 2. The fourth-order valence-corrected chi connectivity index (χ4v) is 3.11. The molecule has 1 aliphatic heterocycles. The second kappa shape index (κ2) is 4.79. The van der Waals surface area contributed by atoms with Gasteiger partial charge in [0.1, 0.15) is 0 Å². The molecule has 1 aromatic carbocycles. The van der Waals surface area contributed by atoms with Crippen LogP contribution in [0.1, 0.15) is 5.56 Å². The smallest absolute Gasteiger partial charge is 0.245 e. The summed E-state index contributed by atoms with van der Waals surface area (Å²) in [6.07, 6.45) is -2.43. The Bertz CT molecular complexity index is 680. The summed E-state index contributed by atoms with van der Waals surface area (Å²) in [5.74, 6) is 0. The van der Waals surface area contributed by atoms with Gasteiger partial charge in [0, 0.05) is 21.7 Å². The van der Waals surface area contributed by atoms with Crippen molar-refractivity contribution in [3.63, 3.8) is 0 Å². The fraction of sp³-hybridized carbons (Fsp3) is 0.167. The minimum absolute atomic E-state index is 0.0785. The average Bonchev–Trinajstić information content (AvgIpc) is 2.26. The van der Waals surface area contributed by atoms with E-state index in [0.29, 0.717) is 11.0 Å². The summed E-state index contributed by atoms with van der Waals surface area (Å²) in [7, 11) is -3.01. The molecule has 0 amide bonds. The highest BCUT2D eigenvalue weighted by atomic mass is 79.9. The van der Waals surface area contributed by atoms with Crippen molar-refractivity contribution in [2.24, 2.45) is 4.36 Å². The van der Waals surface area contributed by atoms with Crippen LogP contribution in [-0.4, -0.2) is 16.6 Å². The molecule has 0 aromatic heterocycles. The molecule has 7 heteroatoms. The molecule has 19 heavy (non-hydrogen) atoms. The van der Waals surface area contributed by atoms with Gasteiger partial charge in [-0.15, -0.1) is 0 Å². The lowest BCUT2D eigenvalue weighted by atomic mass is 10.1. The van der Waals surface area contributed by atoms with E-state index in [0.717, 1.165) is 10.5 Å². The van der Waals surface area contributed by atoms with E-state index in [4.69, 9.17) is 0 Å². The summed E-state index contributed by atoms with van der Waals surface area (Å²) in [5.41, 5.74) is -0.352. The number of halogens is 4. The number of benzene rings is 1. The summed E-state index contributed by atoms with van der Waals surface area (Å²) in [5, 5.41) is 0.676. The van der Waals surface area contributed by atoms with Gasteiger partial charge in [-0.1, -0.05) is 28.1 Å². The molecular weight excluding hydrogens is 343 g/mol. The van der Waals surface area contributed by atoms with Crippen molar-refractivity contribution in [2.45, 2.75) is 6.18 Å². The Balaban J connectivity index is 2.56. The van der Waals surface area contributed by atoms with Gasteiger partial charge in [-0.25, -0.2) is 4.21 Å². The Morgan fingerprint density at radius 1 is 1.21 bits per heavy atom. The standard InChI is InChI=1S/C12H9BrF3NOS/c1-19(18)7-9(12(14,15)16)6-11(17-19)8-2-4-10(13)5-3-8/h2-7H,1H3. The third kappa shape index (κ3) is 3.48. The van der Waals surface area contributed by atoms with E-state index in [2.05, 4.69) is 20.3 Å². The lowest BCUT2D eigenvalue weighted by molar-refractivity contribution is -0.0880. The molecule has 0 radical (unpaired) electrons. The lowest BCUT2D eigenvalue weighted by Gasteiger charge is -2.15. The first-order valence-electron chi connectivity index (χ1n) is 5.16. The van der Waals surface area contributed by atoms with Crippen LogP contribution in [-0.2, 0) is 9.73 Å². The molecule has 2 rings (SSSR count). The third-order valence-electron chi connectivity index (χ3n) is 2.38. The van der Waals surface area contributed by atoms with Crippen LogP contribution >= 0.6 is 15.9 Å². The van der Waals surface area contributed by atoms with Crippen LogP contribution in [0.2, 0.25) is 0 Å². The molecule has 1 heterocycles. The van der Waals surface area contributed by atoms with Gasteiger partial charge in [-0.05, 0) is 18.2 Å². The van der Waals surface area contributed by atoms with Crippen molar-refractivity contribution in [1.29, 1.82) is 0 Å². The quantitative estimate of drug-likeness (QED) is 0.739. The van der Waals surface area contributed by atoms with E-state index in [1.165, 1.54) is 6.26 Å². The first-order chi connectivity index (χ1) is 8.67. The maximum absolute atomic E-state index is 12.8. The molecule has 1 aliphatic rings. The monoisotopic (exact) mass is 351 g/mol. The highest BCUT2D eigenvalue weighted by Gasteiger charge is 2.34. The summed E-state index contributed by atoms with van der Waals surface area (Å²) in [6.45, 7) is 0. The van der Waals surface area contributed by atoms with Gasteiger partial charge in [0.25, 0.3) is 0 Å². The van der Waals surface area contributed by atoms with E-state index >= 15 is 0 Å². The molecule has 0 fully saturated rings. The molecule has 2 nitrogen and oxygen atoms in total. The molecule has 1 atom stereocenters. The summed E-state index contributed by atoms with van der Waals surface area (Å²) < 4.78 is 54.8. The lowest BCUT2D eigenvalue weighted by Crippen LogP contribution is -2.14.